The molecule has 0 N–H and O–H groups in total. The van der Waals surface area contributed by atoms with Crippen molar-refractivity contribution in [2.75, 3.05) is 26.7 Å². The summed E-state index contributed by atoms with van der Waals surface area (Å²) in [6, 6.07) is 0. The zero-order valence-electron chi connectivity index (χ0n) is 18.8. The fourth-order valence-electron chi connectivity index (χ4n) is 1.97. The van der Waals surface area contributed by atoms with Crippen molar-refractivity contribution in [3.8, 4) is 0 Å². The minimum absolute atomic E-state index is 0.305. The van der Waals surface area contributed by atoms with Gasteiger partial charge in [0.05, 0.1) is 7.11 Å². The molecule has 2 nitrogen and oxygen atoms in total. The first kappa shape index (κ1) is 31.6. The van der Waals surface area contributed by atoms with Gasteiger partial charge in [-0.05, 0) is 43.0 Å². The van der Waals surface area contributed by atoms with Gasteiger partial charge in [-0.1, -0.05) is 79.0 Å². The van der Waals surface area contributed by atoms with Gasteiger partial charge in [0.15, 0.2) is 0 Å². The van der Waals surface area contributed by atoms with E-state index >= 15 is 0 Å². The number of thiocarbonyl (C=S) groups is 1. The smallest absolute Gasteiger partial charge is 0.219 e. The number of ether oxygens (including phenoxy) is 2. The van der Waals surface area contributed by atoms with Crippen molar-refractivity contribution in [3.63, 3.8) is 0 Å². The van der Waals surface area contributed by atoms with Crippen LogP contribution in [0.1, 0.15) is 73.6 Å². The monoisotopic (exact) mass is 444 g/mol. The van der Waals surface area contributed by atoms with E-state index in [-0.39, 0.29) is 0 Å². The van der Waals surface area contributed by atoms with Crippen molar-refractivity contribution < 1.29 is 9.47 Å². The second-order valence-electron chi connectivity index (χ2n) is 6.42. The molecule has 0 heterocycles. The van der Waals surface area contributed by atoms with Crippen molar-refractivity contribution >= 4 is 51.9 Å². The molecule has 0 aromatic carbocycles. The summed E-state index contributed by atoms with van der Waals surface area (Å²) in [7, 11) is 3.35. The van der Waals surface area contributed by atoms with E-state index in [1.54, 1.807) is 26.0 Å². The normalized spacial score (nSPS) is 14.7. The zero-order chi connectivity index (χ0) is 21.0. The molecule has 0 saturated heterocycles. The van der Waals surface area contributed by atoms with Crippen LogP contribution in [0.4, 0.5) is 0 Å². The maximum Gasteiger partial charge on any atom is 0.219 e. The summed E-state index contributed by atoms with van der Waals surface area (Å²) in [5, 5.41) is 0.701. The molecular weight excluding hydrogens is 400 g/mol. The predicted molar refractivity (Wildman–Crippen MR) is 133 cm³/mol. The lowest BCUT2D eigenvalue weighted by atomic mass is 10.0. The fourth-order valence-corrected chi connectivity index (χ4v) is 4.27. The van der Waals surface area contributed by atoms with Crippen LogP contribution in [0.25, 0.3) is 0 Å². The fraction of sp³-hybridized carbons (Fsp3) is 0.950. The third-order valence-electron chi connectivity index (χ3n) is 3.97. The molecule has 0 rings (SSSR count). The van der Waals surface area contributed by atoms with Crippen molar-refractivity contribution in [1.29, 1.82) is 0 Å². The largest absolute Gasteiger partial charge is 0.482 e. The van der Waals surface area contributed by atoms with Crippen LogP contribution in [0.3, 0.4) is 0 Å². The number of thioether (sulfide) groups is 3. The average Bonchev–Trinajstić information content (AvgIpc) is 2.66. The van der Waals surface area contributed by atoms with Gasteiger partial charge in [-0.2, -0.15) is 0 Å². The summed E-state index contributed by atoms with van der Waals surface area (Å²) in [4.78, 5) is 0. The van der Waals surface area contributed by atoms with E-state index in [4.69, 9.17) is 4.74 Å². The first-order valence-electron chi connectivity index (χ1n) is 9.58. The standard InChI is InChI=1S/C10H22OS2.C7H16.C3H6OS2/c1-6-8(2)7-9(3)13-10(11-4)12-5;1-4-6-7(3)5-2;1-4-3(5)6-2/h8-10H,6-7H2,1-5H3;7H,4-6H2,1-3H3;1-2H3. The van der Waals surface area contributed by atoms with E-state index in [9.17, 15) is 0 Å². The van der Waals surface area contributed by atoms with Gasteiger partial charge in [-0.3, -0.25) is 0 Å². The lowest BCUT2D eigenvalue weighted by molar-refractivity contribution is 0.234. The van der Waals surface area contributed by atoms with Crippen LogP contribution in [0.5, 0.6) is 0 Å². The summed E-state index contributed by atoms with van der Waals surface area (Å²) in [6.45, 7) is 13.7. The molecular formula is C20H44O2S4. The average molecular weight is 445 g/mol. The number of hydrogen-bond acceptors (Lipinski definition) is 6. The van der Waals surface area contributed by atoms with E-state index in [1.165, 1.54) is 43.9 Å². The van der Waals surface area contributed by atoms with Crippen LogP contribution in [0.15, 0.2) is 0 Å². The van der Waals surface area contributed by atoms with Gasteiger partial charge in [0.25, 0.3) is 0 Å². The van der Waals surface area contributed by atoms with E-state index in [0.29, 0.717) is 14.4 Å². The maximum absolute atomic E-state index is 5.31. The van der Waals surface area contributed by atoms with Gasteiger partial charge in [0, 0.05) is 12.4 Å². The quantitative estimate of drug-likeness (QED) is 0.249. The van der Waals surface area contributed by atoms with Gasteiger partial charge >= 0.3 is 0 Å². The van der Waals surface area contributed by atoms with Crippen LogP contribution in [-0.4, -0.2) is 41.1 Å². The van der Waals surface area contributed by atoms with Crippen molar-refractivity contribution in [3.05, 3.63) is 0 Å². The Balaban J connectivity index is -0.000000342. The van der Waals surface area contributed by atoms with E-state index < -0.39 is 0 Å². The first-order valence-corrected chi connectivity index (χ1v) is 13.4. The van der Waals surface area contributed by atoms with Crippen molar-refractivity contribution in [2.24, 2.45) is 11.8 Å². The molecule has 0 saturated carbocycles. The second-order valence-corrected chi connectivity index (χ2v) is 10.5. The second kappa shape index (κ2) is 23.9. The van der Waals surface area contributed by atoms with E-state index in [0.717, 1.165) is 11.8 Å². The highest BCUT2D eigenvalue weighted by molar-refractivity contribution is 8.22. The van der Waals surface area contributed by atoms with Crippen molar-refractivity contribution in [2.45, 2.75) is 83.7 Å². The van der Waals surface area contributed by atoms with E-state index in [2.05, 4.69) is 64.8 Å². The van der Waals surface area contributed by atoms with E-state index in [1.807, 2.05) is 18.0 Å². The van der Waals surface area contributed by atoms with Gasteiger partial charge < -0.3 is 9.47 Å². The lowest BCUT2D eigenvalue weighted by Gasteiger charge is -2.19. The third-order valence-corrected chi connectivity index (χ3v) is 7.70. The summed E-state index contributed by atoms with van der Waals surface area (Å²) in [6.07, 6.45) is 10.6. The minimum Gasteiger partial charge on any atom is -0.482 e. The third kappa shape index (κ3) is 24.9. The zero-order valence-corrected chi connectivity index (χ0v) is 22.1. The highest BCUT2D eigenvalue weighted by Crippen LogP contribution is 2.29. The molecule has 0 aliphatic heterocycles. The number of methoxy groups -OCH3 is 2. The number of hydrogen-bond donors (Lipinski definition) is 0. The van der Waals surface area contributed by atoms with Crippen LogP contribution < -0.4 is 0 Å². The first-order chi connectivity index (χ1) is 12.2. The Labute approximate surface area is 183 Å². The Bertz CT molecular complexity index is 281. The Morgan fingerprint density at radius 3 is 1.73 bits per heavy atom. The Morgan fingerprint density at radius 2 is 1.50 bits per heavy atom. The van der Waals surface area contributed by atoms with Gasteiger partial charge in [-0.15, -0.1) is 23.5 Å². The van der Waals surface area contributed by atoms with Gasteiger partial charge in [0.2, 0.25) is 4.38 Å². The van der Waals surface area contributed by atoms with Crippen molar-refractivity contribution in [1.82, 2.24) is 0 Å². The van der Waals surface area contributed by atoms with Crippen LogP contribution in [-0.2, 0) is 9.47 Å². The molecule has 4 atom stereocenters. The van der Waals surface area contributed by atoms with Crippen LogP contribution in [0.2, 0.25) is 0 Å². The molecule has 26 heavy (non-hydrogen) atoms. The van der Waals surface area contributed by atoms with Gasteiger partial charge in [-0.25, -0.2) is 0 Å². The maximum atomic E-state index is 5.31. The molecule has 4 unspecified atom stereocenters. The minimum atomic E-state index is 0.305. The Hall–Kier alpha value is 0.900. The molecule has 0 aromatic heterocycles. The SMILES string of the molecule is CCC(C)CC(C)SC(OC)SC.CCCC(C)CC.COC(=S)SC. The van der Waals surface area contributed by atoms with Crippen LogP contribution in [0, 0.1) is 11.8 Å². The molecule has 160 valence electrons. The summed E-state index contributed by atoms with van der Waals surface area (Å²) in [5.74, 6) is 1.78. The Kier molecular flexibility index (Phi) is 29.1. The highest BCUT2D eigenvalue weighted by Gasteiger charge is 2.13. The molecule has 0 aromatic rings. The predicted octanol–water partition coefficient (Wildman–Crippen LogP) is 7.95. The molecule has 0 spiro atoms. The van der Waals surface area contributed by atoms with Crippen LogP contribution >= 0.6 is 47.5 Å². The molecule has 0 aliphatic rings. The molecule has 0 amide bonds. The summed E-state index contributed by atoms with van der Waals surface area (Å²) in [5.41, 5.74) is 0. The summed E-state index contributed by atoms with van der Waals surface area (Å²) < 4.78 is 10.8. The molecule has 0 bridgehead atoms. The summed E-state index contributed by atoms with van der Waals surface area (Å²) >= 11 is 9.73. The molecule has 0 aliphatic carbocycles. The molecule has 6 heteroatoms. The number of rotatable bonds is 10. The molecule has 0 radical (unpaired) electrons. The molecule has 0 fully saturated rings. The van der Waals surface area contributed by atoms with Gasteiger partial charge in [0.1, 0.15) is 4.77 Å². The topological polar surface area (TPSA) is 18.5 Å². The lowest BCUT2D eigenvalue weighted by Crippen LogP contribution is -2.09. The highest BCUT2D eigenvalue weighted by atomic mass is 32.2. The Morgan fingerprint density at radius 1 is 0.962 bits per heavy atom.